The van der Waals surface area contributed by atoms with E-state index in [0.717, 1.165) is 0 Å². The minimum Gasteiger partial charge on any atom is -0.507 e. The average molecular weight is 294 g/mol. The maximum absolute atomic E-state index is 11.8. The maximum atomic E-state index is 11.8. The summed E-state index contributed by atoms with van der Waals surface area (Å²) >= 11 is 3.20. The van der Waals surface area contributed by atoms with E-state index >= 15 is 0 Å². The minimum atomic E-state index is -0.435. The van der Waals surface area contributed by atoms with Crippen LogP contribution in [-0.4, -0.2) is 21.2 Å². The fraction of sp³-hybridized carbons (Fsp3) is 0. The van der Waals surface area contributed by atoms with Crippen LogP contribution in [0.5, 0.6) is 5.75 Å². The number of rotatable bonds is 2. The Morgan fingerprint density at radius 1 is 1.35 bits per heavy atom. The van der Waals surface area contributed by atoms with Crippen LogP contribution >= 0.6 is 15.9 Å². The molecule has 0 radical (unpaired) electrons. The summed E-state index contributed by atoms with van der Waals surface area (Å²) in [6.07, 6.45) is 1.51. The molecule has 0 bridgehead atoms. The van der Waals surface area contributed by atoms with Gasteiger partial charge in [0, 0.05) is 10.7 Å². The second kappa shape index (κ2) is 4.92. The first-order chi connectivity index (χ1) is 8.16. The molecule has 0 aliphatic carbocycles. The number of anilines is 1. The van der Waals surface area contributed by atoms with Crippen LogP contribution in [-0.2, 0) is 0 Å². The van der Waals surface area contributed by atoms with Crippen LogP contribution in [0.1, 0.15) is 10.4 Å². The summed E-state index contributed by atoms with van der Waals surface area (Å²) in [5, 5.41) is 19.5. The lowest BCUT2D eigenvalue weighted by molar-refractivity contribution is 0.102. The third-order valence-corrected chi connectivity index (χ3v) is 2.51. The second-order valence-electron chi connectivity index (χ2n) is 3.22. The molecule has 0 aliphatic rings. The Kier molecular flexibility index (Phi) is 3.34. The second-order valence-corrected chi connectivity index (χ2v) is 4.14. The SMILES string of the molecule is O=C(Nc1cccnn1)c1ccc(Br)cc1O. The number of nitrogens with one attached hydrogen (secondary N) is 1. The predicted octanol–water partition coefficient (Wildman–Crippen LogP) is 2.20. The summed E-state index contributed by atoms with van der Waals surface area (Å²) in [4.78, 5) is 11.8. The number of aromatic hydroxyl groups is 1. The molecule has 1 aromatic heterocycles. The van der Waals surface area contributed by atoms with E-state index in [1.807, 2.05) is 0 Å². The van der Waals surface area contributed by atoms with E-state index in [4.69, 9.17) is 0 Å². The van der Waals surface area contributed by atoms with Gasteiger partial charge in [0.25, 0.3) is 5.91 Å². The lowest BCUT2D eigenvalue weighted by atomic mass is 10.2. The fourth-order valence-electron chi connectivity index (χ4n) is 1.25. The van der Waals surface area contributed by atoms with Gasteiger partial charge in [-0.15, -0.1) is 5.10 Å². The number of amides is 1. The number of phenolic OH excluding ortho intramolecular Hbond substituents is 1. The number of benzene rings is 1. The molecule has 0 spiro atoms. The van der Waals surface area contributed by atoms with E-state index in [1.54, 1.807) is 18.2 Å². The fourth-order valence-corrected chi connectivity index (χ4v) is 1.60. The van der Waals surface area contributed by atoms with Gasteiger partial charge in [-0.1, -0.05) is 15.9 Å². The minimum absolute atomic E-state index is 0.0965. The van der Waals surface area contributed by atoms with E-state index < -0.39 is 5.91 Å². The summed E-state index contributed by atoms with van der Waals surface area (Å²) in [7, 11) is 0. The van der Waals surface area contributed by atoms with Crippen molar-refractivity contribution in [2.75, 3.05) is 5.32 Å². The average Bonchev–Trinajstić information content (AvgIpc) is 2.30. The largest absolute Gasteiger partial charge is 0.507 e. The predicted molar refractivity (Wildman–Crippen MR) is 65.8 cm³/mol. The van der Waals surface area contributed by atoms with Gasteiger partial charge in [0.15, 0.2) is 5.82 Å². The maximum Gasteiger partial charge on any atom is 0.260 e. The quantitative estimate of drug-likeness (QED) is 0.890. The molecule has 1 amide bonds. The molecule has 0 fully saturated rings. The molecule has 2 N–H and O–H groups in total. The van der Waals surface area contributed by atoms with Crippen molar-refractivity contribution < 1.29 is 9.90 Å². The van der Waals surface area contributed by atoms with Crippen molar-refractivity contribution in [2.24, 2.45) is 0 Å². The summed E-state index contributed by atoms with van der Waals surface area (Å²) in [6.45, 7) is 0. The summed E-state index contributed by atoms with van der Waals surface area (Å²) in [5.74, 6) is -0.198. The van der Waals surface area contributed by atoms with Crippen molar-refractivity contribution in [1.82, 2.24) is 10.2 Å². The van der Waals surface area contributed by atoms with Gasteiger partial charge >= 0.3 is 0 Å². The van der Waals surface area contributed by atoms with E-state index in [-0.39, 0.29) is 11.3 Å². The zero-order valence-electron chi connectivity index (χ0n) is 8.59. The highest BCUT2D eigenvalue weighted by atomic mass is 79.9. The highest BCUT2D eigenvalue weighted by Crippen LogP contribution is 2.22. The van der Waals surface area contributed by atoms with Gasteiger partial charge in [-0.25, -0.2) is 0 Å². The van der Waals surface area contributed by atoms with Gasteiger partial charge in [-0.3, -0.25) is 4.79 Å². The summed E-state index contributed by atoms with van der Waals surface area (Å²) in [6, 6.07) is 7.91. The zero-order valence-corrected chi connectivity index (χ0v) is 10.2. The Hall–Kier alpha value is -1.95. The van der Waals surface area contributed by atoms with Crippen LogP contribution in [0.2, 0.25) is 0 Å². The van der Waals surface area contributed by atoms with E-state index in [9.17, 15) is 9.90 Å². The number of carbonyl (C=O) groups excluding carboxylic acids is 1. The lowest BCUT2D eigenvalue weighted by Crippen LogP contribution is -2.13. The third kappa shape index (κ3) is 2.79. The molecule has 1 heterocycles. The number of phenols is 1. The molecular formula is C11H8BrN3O2. The molecule has 0 saturated heterocycles. The molecule has 0 saturated carbocycles. The Balaban J connectivity index is 2.21. The van der Waals surface area contributed by atoms with Crippen LogP contribution < -0.4 is 5.32 Å². The number of halogens is 1. The van der Waals surface area contributed by atoms with Crippen molar-refractivity contribution in [3.05, 3.63) is 46.6 Å². The van der Waals surface area contributed by atoms with Crippen molar-refractivity contribution in [3.63, 3.8) is 0 Å². The molecule has 0 unspecified atom stereocenters. The van der Waals surface area contributed by atoms with Crippen LogP contribution in [0.15, 0.2) is 41.0 Å². The van der Waals surface area contributed by atoms with Gasteiger partial charge in [-0.2, -0.15) is 5.10 Å². The topological polar surface area (TPSA) is 75.1 Å². The monoisotopic (exact) mass is 293 g/mol. The van der Waals surface area contributed by atoms with Gasteiger partial charge in [0.1, 0.15) is 5.75 Å². The first-order valence-electron chi connectivity index (χ1n) is 4.74. The van der Waals surface area contributed by atoms with E-state index in [1.165, 1.54) is 18.3 Å². The molecule has 2 rings (SSSR count). The molecule has 6 heteroatoms. The molecule has 86 valence electrons. The van der Waals surface area contributed by atoms with Gasteiger partial charge in [0.05, 0.1) is 5.56 Å². The van der Waals surface area contributed by atoms with Crippen LogP contribution in [0.4, 0.5) is 5.82 Å². The van der Waals surface area contributed by atoms with Crippen LogP contribution in [0.25, 0.3) is 0 Å². The van der Waals surface area contributed by atoms with E-state index in [2.05, 4.69) is 31.4 Å². The van der Waals surface area contributed by atoms with Crippen LogP contribution in [0, 0.1) is 0 Å². The first kappa shape index (κ1) is 11.5. The summed E-state index contributed by atoms with van der Waals surface area (Å²) < 4.78 is 0.700. The number of hydrogen-bond acceptors (Lipinski definition) is 4. The standard InChI is InChI=1S/C11H8BrN3O2/c12-7-3-4-8(9(16)6-7)11(17)14-10-2-1-5-13-15-10/h1-6,16H,(H,14,15,17). The van der Waals surface area contributed by atoms with Crippen molar-refractivity contribution in [2.45, 2.75) is 0 Å². The van der Waals surface area contributed by atoms with Crippen molar-refractivity contribution in [3.8, 4) is 5.75 Å². The van der Waals surface area contributed by atoms with Gasteiger partial charge in [0.2, 0.25) is 0 Å². The molecule has 17 heavy (non-hydrogen) atoms. The van der Waals surface area contributed by atoms with E-state index in [0.29, 0.717) is 10.3 Å². The first-order valence-corrected chi connectivity index (χ1v) is 5.53. The van der Waals surface area contributed by atoms with Crippen molar-refractivity contribution >= 4 is 27.7 Å². The molecule has 1 aromatic carbocycles. The van der Waals surface area contributed by atoms with Gasteiger partial charge in [-0.05, 0) is 30.3 Å². The third-order valence-electron chi connectivity index (χ3n) is 2.02. The Labute approximate surface area is 106 Å². The zero-order chi connectivity index (χ0) is 12.3. The Morgan fingerprint density at radius 3 is 2.82 bits per heavy atom. The van der Waals surface area contributed by atoms with Crippen molar-refractivity contribution in [1.29, 1.82) is 0 Å². The van der Waals surface area contributed by atoms with Crippen LogP contribution in [0.3, 0.4) is 0 Å². The molecular weight excluding hydrogens is 286 g/mol. The Morgan fingerprint density at radius 2 is 2.18 bits per heavy atom. The smallest absolute Gasteiger partial charge is 0.260 e. The Bertz CT molecular complexity index is 546. The molecule has 0 atom stereocenters. The molecule has 5 nitrogen and oxygen atoms in total. The normalized spacial score (nSPS) is 9.94. The lowest BCUT2D eigenvalue weighted by Gasteiger charge is -2.05. The molecule has 2 aromatic rings. The number of carbonyl (C=O) groups is 1. The number of hydrogen-bond donors (Lipinski definition) is 2. The number of aromatic nitrogens is 2. The molecule has 0 aliphatic heterocycles. The highest BCUT2D eigenvalue weighted by Gasteiger charge is 2.11. The number of nitrogens with zero attached hydrogens (tertiary/aromatic N) is 2. The highest BCUT2D eigenvalue weighted by molar-refractivity contribution is 9.10. The summed E-state index contributed by atoms with van der Waals surface area (Å²) in [5.41, 5.74) is 0.179. The van der Waals surface area contributed by atoms with Gasteiger partial charge < -0.3 is 10.4 Å².